The molecule has 1 amide bonds. The standard InChI is InChI=1S/C16H22N2O/c17-15(14-9-5-2-6-10-14)16(19)18-12-11-13-7-3-1-4-8-13/h2,5-7,9-10,15H,1,3-4,8,11-12,17H2,(H,18,19)/t15-/m1/s1. The number of rotatable bonds is 5. The Morgan fingerprint density at radius 3 is 2.74 bits per heavy atom. The van der Waals surface area contributed by atoms with Gasteiger partial charge in [0, 0.05) is 6.54 Å². The van der Waals surface area contributed by atoms with Crippen molar-refractivity contribution in [3.63, 3.8) is 0 Å². The van der Waals surface area contributed by atoms with E-state index in [4.69, 9.17) is 5.73 Å². The third kappa shape index (κ3) is 4.21. The molecule has 102 valence electrons. The summed E-state index contributed by atoms with van der Waals surface area (Å²) in [6.07, 6.45) is 8.21. The predicted molar refractivity (Wildman–Crippen MR) is 77.5 cm³/mol. The van der Waals surface area contributed by atoms with Gasteiger partial charge in [-0.05, 0) is 37.7 Å². The van der Waals surface area contributed by atoms with Gasteiger partial charge in [0.2, 0.25) is 5.91 Å². The topological polar surface area (TPSA) is 55.1 Å². The number of nitrogens with two attached hydrogens (primary N) is 1. The lowest BCUT2D eigenvalue weighted by Gasteiger charge is -2.15. The Balaban J connectivity index is 1.76. The highest BCUT2D eigenvalue weighted by Crippen LogP contribution is 2.19. The molecule has 1 aliphatic rings. The summed E-state index contributed by atoms with van der Waals surface area (Å²) in [6.45, 7) is 0.686. The van der Waals surface area contributed by atoms with Gasteiger partial charge >= 0.3 is 0 Å². The summed E-state index contributed by atoms with van der Waals surface area (Å²) >= 11 is 0. The first-order valence-electron chi connectivity index (χ1n) is 7.03. The average molecular weight is 258 g/mol. The van der Waals surface area contributed by atoms with Crippen molar-refractivity contribution in [3.05, 3.63) is 47.5 Å². The number of amides is 1. The Morgan fingerprint density at radius 2 is 2.05 bits per heavy atom. The highest BCUT2D eigenvalue weighted by Gasteiger charge is 2.14. The molecular formula is C16H22N2O. The molecule has 0 aliphatic heterocycles. The molecule has 1 atom stereocenters. The van der Waals surface area contributed by atoms with Crippen LogP contribution in [-0.4, -0.2) is 12.5 Å². The summed E-state index contributed by atoms with van der Waals surface area (Å²) < 4.78 is 0. The van der Waals surface area contributed by atoms with Crippen LogP contribution >= 0.6 is 0 Å². The molecule has 19 heavy (non-hydrogen) atoms. The molecule has 0 fully saturated rings. The third-order valence-corrected chi connectivity index (χ3v) is 3.57. The molecule has 3 nitrogen and oxygen atoms in total. The highest BCUT2D eigenvalue weighted by molar-refractivity contribution is 5.82. The van der Waals surface area contributed by atoms with E-state index in [9.17, 15) is 4.79 Å². The van der Waals surface area contributed by atoms with E-state index in [1.807, 2.05) is 30.3 Å². The van der Waals surface area contributed by atoms with Gasteiger partial charge in [-0.15, -0.1) is 0 Å². The average Bonchev–Trinajstić information content (AvgIpc) is 2.48. The molecule has 3 heteroatoms. The van der Waals surface area contributed by atoms with Gasteiger partial charge in [0.15, 0.2) is 0 Å². The summed E-state index contributed by atoms with van der Waals surface area (Å²) in [4.78, 5) is 11.9. The number of benzene rings is 1. The van der Waals surface area contributed by atoms with E-state index >= 15 is 0 Å². The molecule has 0 heterocycles. The zero-order valence-corrected chi connectivity index (χ0v) is 11.3. The van der Waals surface area contributed by atoms with Crippen molar-refractivity contribution < 1.29 is 4.79 Å². The Labute approximate surface area is 114 Å². The van der Waals surface area contributed by atoms with Crippen LogP contribution in [0.15, 0.2) is 42.0 Å². The van der Waals surface area contributed by atoms with Crippen LogP contribution in [-0.2, 0) is 4.79 Å². The number of carbonyl (C=O) groups is 1. The molecule has 1 aliphatic carbocycles. The smallest absolute Gasteiger partial charge is 0.241 e. The van der Waals surface area contributed by atoms with Crippen LogP contribution in [0.4, 0.5) is 0 Å². The van der Waals surface area contributed by atoms with Crippen molar-refractivity contribution in [2.45, 2.75) is 38.1 Å². The fraction of sp³-hybridized carbons (Fsp3) is 0.438. The zero-order chi connectivity index (χ0) is 13.5. The van der Waals surface area contributed by atoms with Crippen molar-refractivity contribution in [3.8, 4) is 0 Å². The fourth-order valence-corrected chi connectivity index (χ4v) is 2.40. The van der Waals surface area contributed by atoms with E-state index < -0.39 is 6.04 Å². The van der Waals surface area contributed by atoms with Gasteiger partial charge < -0.3 is 11.1 Å². The molecule has 0 bridgehead atoms. The number of carbonyl (C=O) groups excluding carboxylic acids is 1. The summed E-state index contributed by atoms with van der Waals surface area (Å²) in [7, 11) is 0. The predicted octanol–water partition coefficient (Wildman–Crippen LogP) is 2.69. The molecule has 0 radical (unpaired) electrons. The van der Waals surface area contributed by atoms with Crippen LogP contribution in [0.1, 0.15) is 43.7 Å². The molecule has 1 aromatic carbocycles. The van der Waals surface area contributed by atoms with Gasteiger partial charge in [0.25, 0.3) is 0 Å². The minimum Gasteiger partial charge on any atom is -0.354 e. The quantitative estimate of drug-likeness (QED) is 0.798. The number of hydrogen-bond donors (Lipinski definition) is 2. The molecule has 3 N–H and O–H groups in total. The molecule has 0 saturated heterocycles. The lowest BCUT2D eigenvalue weighted by molar-refractivity contribution is -0.122. The summed E-state index contributed by atoms with van der Waals surface area (Å²) in [5.41, 5.74) is 8.26. The Morgan fingerprint density at radius 1 is 1.26 bits per heavy atom. The minimum atomic E-state index is -0.568. The Kier molecular flexibility index (Phi) is 5.16. The number of hydrogen-bond acceptors (Lipinski definition) is 2. The summed E-state index contributed by atoms with van der Waals surface area (Å²) in [5.74, 6) is -0.0948. The van der Waals surface area contributed by atoms with Crippen molar-refractivity contribution in [2.75, 3.05) is 6.54 Å². The monoisotopic (exact) mass is 258 g/mol. The largest absolute Gasteiger partial charge is 0.354 e. The van der Waals surface area contributed by atoms with E-state index in [2.05, 4.69) is 11.4 Å². The van der Waals surface area contributed by atoms with Crippen LogP contribution in [0.2, 0.25) is 0 Å². The lowest BCUT2D eigenvalue weighted by atomic mass is 9.97. The van der Waals surface area contributed by atoms with Crippen LogP contribution in [0, 0.1) is 0 Å². The molecule has 0 unspecified atom stereocenters. The van der Waals surface area contributed by atoms with E-state index in [1.165, 1.54) is 31.3 Å². The van der Waals surface area contributed by atoms with Crippen LogP contribution in [0.3, 0.4) is 0 Å². The van der Waals surface area contributed by atoms with Crippen LogP contribution in [0.25, 0.3) is 0 Å². The van der Waals surface area contributed by atoms with Crippen molar-refractivity contribution in [1.29, 1.82) is 0 Å². The maximum Gasteiger partial charge on any atom is 0.241 e. The molecular weight excluding hydrogens is 236 g/mol. The Bertz CT molecular complexity index is 439. The minimum absolute atomic E-state index is 0.0948. The third-order valence-electron chi connectivity index (χ3n) is 3.57. The first-order valence-corrected chi connectivity index (χ1v) is 7.03. The maximum absolute atomic E-state index is 11.9. The van der Waals surface area contributed by atoms with E-state index in [-0.39, 0.29) is 5.91 Å². The van der Waals surface area contributed by atoms with E-state index in [1.54, 1.807) is 0 Å². The van der Waals surface area contributed by atoms with Crippen molar-refractivity contribution in [1.82, 2.24) is 5.32 Å². The second kappa shape index (κ2) is 7.10. The summed E-state index contributed by atoms with van der Waals surface area (Å²) in [5, 5.41) is 2.92. The first kappa shape index (κ1) is 13.8. The van der Waals surface area contributed by atoms with Gasteiger partial charge in [-0.25, -0.2) is 0 Å². The van der Waals surface area contributed by atoms with Crippen LogP contribution in [0.5, 0.6) is 0 Å². The van der Waals surface area contributed by atoms with E-state index in [0.29, 0.717) is 6.54 Å². The first-order chi connectivity index (χ1) is 9.27. The normalized spacial score (nSPS) is 16.6. The van der Waals surface area contributed by atoms with Gasteiger partial charge in [-0.1, -0.05) is 42.0 Å². The summed E-state index contributed by atoms with van der Waals surface area (Å²) in [6, 6.07) is 8.91. The Hall–Kier alpha value is -1.61. The maximum atomic E-state index is 11.9. The second-order valence-electron chi connectivity index (χ2n) is 5.04. The molecule has 0 spiro atoms. The molecule has 1 aromatic rings. The van der Waals surface area contributed by atoms with Crippen molar-refractivity contribution in [2.24, 2.45) is 5.73 Å². The molecule has 0 saturated carbocycles. The van der Waals surface area contributed by atoms with Gasteiger partial charge in [0.1, 0.15) is 6.04 Å². The fourth-order valence-electron chi connectivity index (χ4n) is 2.40. The van der Waals surface area contributed by atoms with Gasteiger partial charge in [-0.2, -0.15) is 0 Å². The van der Waals surface area contributed by atoms with E-state index in [0.717, 1.165) is 12.0 Å². The zero-order valence-electron chi connectivity index (χ0n) is 11.3. The second-order valence-corrected chi connectivity index (χ2v) is 5.04. The van der Waals surface area contributed by atoms with Gasteiger partial charge in [0.05, 0.1) is 0 Å². The van der Waals surface area contributed by atoms with Crippen molar-refractivity contribution >= 4 is 5.91 Å². The number of nitrogens with one attached hydrogen (secondary N) is 1. The highest BCUT2D eigenvalue weighted by atomic mass is 16.2. The van der Waals surface area contributed by atoms with Gasteiger partial charge in [-0.3, -0.25) is 4.79 Å². The SMILES string of the molecule is N[C@@H](C(=O)NCCC1=CCCCC1)c1ccccc1. The lowest BCUT2D eigenvalue weighted by Crippen LogP contribution is -2.34. The number of allylic oxidation sites excluding steroid dienone is 1. The van der Waals surface area contributed by atoms with Crippen LogP contribution < -0.4 is 11.1 Å². The molecule has 2 rings (SSSR count). The molecule has 0 aromatic heterocycles.